The molecule has 1 aromatic rings. The number of ether oxygens (including phenoxy) is 1. The van der Waals surface area contributed by atoms with Crippen LogP contribution in [-0.2, 0) is 4.79 Å². The van der Waals surface area contributed by atoms with Crippen LogP contribution < -0.4 is 9.64 Å². The van der Waals surface area contributed by atoms with Gasteiger partial charge in [-0.05, 0) is 31.2 Å². The molecule has 1 amide bonds. The summed E-state index contributed by atoms with van der Waals surface area (Å²) >= 11 is 0. The Bertz CT molecular complexity index is 555. The van der Waals surface area contributed by atoms with Crippen LogP contribution in [0.4, 0.5) is 5.82 Å². The molecule has 0 N–H and O–H groups in total. The number of nitrogens with zero attached hydrogens (tertiary/aromatic N) is 4. The topological polar surface area (TPSA) is 58.6 Å². The molecule has 25 heavy (non-hydrogen) atoms. The second kappa shape index (κ2) is 8.50. The minimum atomic E-state index is 0.0173. The van der Waals surface area contributed by atoms with E-state index in [4.69, 9.17) is 4.74 Å². The Balaban J connectivity index is 1.47. The third-order valence-electron chi connectivity index (χ3n) is 5.34. The Kier molecular flexibility index (Phi) is 6.10. The fourth-order valence-electron chi connectivity index (χ4n) is 3.83. The maximum Gasteiger partial charge on any atom is 0.233 e. The van der Waals surface area contributed by atoms with Gasteiger partial charge in [-0.1, -0.05) is 25.7 Å². The van der Waals surface area contributed by atoms with Crippen molar-refractivity contribution in [2.75, 3.05) is 32.1 Å². The lowest BCUT2D eigenvalue weighted by Gasteiger charge is -2.32. The van der Waals surface area contributed by atoms with Crippen molar-refractivity contribution in [3.8, 4) is 5.88 Å². The molecule has 0 aromatic carbocycles. The lowest BCUT2D eigenvalue weighted by molar-refractivity contribution is -0.134. The summed E-state index contributed by atoms with van der Waals surface area (Å²) < 4.78 is 5.96. The van der Waals surface area contributed by atoms with Crippen LogP contribution >= 0.6 is 0 Å². The fraction of sp³-hybridized carbons (Fsp3) is 0.737. The maximum atomic E-state index is 12.5. The first kappa shape index (κ1) is 18.0. The van der Waals surface area contributed by atoms with Gasteiger partial charge in [0.05, 0.1) is 6.54 Å². The van der Waals surface area contributed by atoms with Gasteiger partial charge in [0.25, 0.3) is 0 Å². The highest BCUT2D eigenvalue weighted by Crippen LogP contribution is 2.29. The molecule has 1 atom stereocenters. The largest absolute Gasteiger partial charge is 0.471 e. The number of piperidine rings is 1. The zero-order chi connectivity index (χ0) is 17.6. The highest BCUT2D eigenvalue weighted by atomic mass is 16.5. The molecule has 1 saturated heterocycles. The summed E-state index contributed by atoms with van der Waals surface area (Å²) in [5.74, 6) is 2.40. The summed E-state index contributed by atoms with van der Waals surface area (Å²) in [6, 6.07) is 3.75. The number of aromatic nitrogens is 2. The van der Waals surface area contributed by atoms with Crippen molar-refractivity contribution < 1.29 is 9.53 Å². The van der Waals surface area contributed by atoms with E-state index < -0.39 is 0 Å². The number of rotatable bonds is 6. The number of carbonyl (C=O) groups is 1. The van der Waals surface area contributed by atoms with Gasteiger partial charge in [-0.2, -0.15) is 0 Å². The molecule has 1 unspecified atom stereocenters. The fourth-order valence-corrected chi connectivity index (χ4v) is 3.83. The van der Waals surface area contributed by atoms with E-state index in [9.17, 15) is 4.79 Å². The molecule has 6 nitrogen and oxygen atoms in total. The van der Waals surface area contributed by atoms with Gasteiger partial charge in [-0.15, -0.1) is 10.2 Å². The van der Waals surface area contributed by atoms with Crippen LogP contribution in [0.15, 0.2) is 12.1 Å². The van der Waals surface area contributed by atoms with Gasteiger partial charge in [0.2, 0.25) is 11.8 Å². The van der Waals surface area contributed by atoms with Crippen LogP contribution in [-0.4, -0.2) is 54.3 Å². The van der Waals surface area contributed by atoms with Crippen LogP contribution in [0.1, 0.15) is 51.4 Å². The highest BCUT2D eigenvalue weighted by molar-refractivity contribution is 5.76. The lowest BCUT2D eigenvalue weighted by atomic mass is 10.0. The number of amides is 1. The summed E-state index contributed by atoms with van der Waals surface area (Å²) in [4.78, 5) is 16.4. The summed E-state index contributed by atoms with van der Waals surface area (Å²) in [6.07, 6.45) is 9.00. The Hall–Kier alpha value is -1.85. The van der Waals surface area contributed by atoms with Crippen LogP contribution in [0.5, 0.6) is 5.88 Å². The van der Waals surface area contributed by atoms with E-state index in [1.165, 1.54) is 25.7 Å². The molecular formula is C19H30N4O2. The molecule has 0 radical (unpaired) electrons. The number of hydrogen-bond donors (Lipinski definition) is 0. The number of carbonyl (C=O) groups excluding carboxylic acids is 1. The Morgan fingerprint density at radius 2 is 2.00 bits per heavy atom. The summed E-state index contributed by atoms with van der Waals surface area (Å²) in [5, 5.41) is 8.28. The van der Waals surface area contributed by atoms with Gasteiger partial charge < -0.3 is 14.5 Å². The molecule has 2 aliphatic rings. The van der Waals surface area contributed by atoms with E-state index in [-0.39, 0.29) is 12.0 Å². The molecule has 1 aromatic heterocycles. The molecule has 0 spiro atoms. The van der Waals surface area contributed by atoms with Crippen molar-refractivity contribution in [1.29, 1.82) is 0 Å². The molecule has 2 heterocycles. The predicted molar refractivity (Wildman–Crippen MR) is 97.8 cm³/mol. The van der Waals surface area contributed by atoms with Crippen LogP contribution in [0, 0.1) is 5.92 Å². The second-order valence-corrected chi connectivity index (χ2v) is 7.54. The molecule has 3 rings (SSSR count). The van der Waals surface area contributed by atoms with Crippen LogP contribution in [0.2, 0.25) is 0 Å². The van der Waals surface area contributed by atoms with Gasteiger partial charge in [0, 0.05) is 33.1 Å². The van der Waals surface area contributed by atoms with Crippen molar-refractivity contribution in [3.63, 3.8) is 0 Å². The van der Waals surface area contributed by atoms with E-state index in [1.807, 2.05) is 36.0 Å². The normalized spacial score (nSPS) is 21.4. The molecule has 0 bridgehead atoms. The van der Waals surface area contributed by atoms with E-state index in [1.54, 1.807) is 0 Å². The zero-order valence-corrected chi connectivity index (χ0v) is 15.5. The summed E-state index contributed by atoms with van der Waals surface area (Å²) in [5.41, 5.74) is 0. The number of hydrogen-bond acceptors (Lipinski definition) is 5. The molecular weight excluding hydrogens is 316 g/mol. The third kappa shape index (κ3) is 5.06. The van der Waals surface area contributed by atoms with E-state index in [2.05, 4.69) is 10.2 Å². The molecule has 1 aliphatic heterocycles. The lowest BCUT2D eigenvalue weighted by Crippen LogP contribution is -2.44. The Morgan fingerprint density at radius 3 is 2.68 bits per heavy atom. The summed E-state index contributed by atoms with van der Waals surface area (Å²) in [7, 11) is 3.86. The maximum absolute atomic E-state index is 12.5. The molecule has 6 heteroatoms. The first-order valence-corrected chi connectivity index (χ1v) is 9.57. The van der Waals surface area contributed by atoms with Gasteiger partial charge >= 0.3 is 0 Å². The minimum Gasteiger partial charge on any atom is -0.471 e. The second-order valence-electron chi connectivity index (χ2n) is 7.54. The molecule has 138 valence electrons. The highest BCUT2D eigenvalue weighted by Gasteiger charge is 2.26. The Labute approximate surface area is 150 Å². The SMILES string of the molecule is CN(C)c1ccc(OC2CCCN(C(=O)CCC3CCCC3)C2)nn1. The standard InChI is InChI=1S/C19H30N4O2/c1-22(2)17-10-11-18(21-20-17)25-16-8-5-13-23(14-16)19(24)12-9-15-6-3-4-7-15/h10-11,15-16H,3-9,12-14H2,1-2H3. The van der Waals surface area contributed by atoms with Gasteiger partial charge in [0.15, 0.2) is 5.82 Å². The average molecular weight is 346 g/mol. The molecule has 1 saturated carbocycles. The van der Waals surface area contributed by atoms with Crippen molar-refractivity contribution in [3.05, 3.63) is 12.1 Å². The average Bonchev–Trinajstić information content (AvgIpc) is 3.14. The smallest absolute Gasteiger partial charge is 0.233 e. The van der Waals surface area contributed by atoms with Crippen LogP contribution in [0.3, 0.4) is 0 Å². The zero-order valence-electron chi connectivity index (χ0n) is 15.5. The van der Waals surface area contributed by atoms with Gasteiger partial charge in [0.1, 0.15) is 6.10 Å². The molecule has 1 aliphatic carbocycles. The minimum absolute atomic E-state index is 0.0173. The predicted octanol–water partition coefficient (Wildman–Crippen LogP) is 2.88. The van der Waals surface area contributed by atoms with Gasteiger partial charge in [-0.3, -0.25) is 4.79 Å². The van der Waals surface area contributed by atoms with E-state index >= 15 is 0 Å². The van der Waals surface area contributed by atoms with Crippen molar-refractivity contribution in [1.82, 2.24) is 15.1 Å². The number of likely N-dealkylation sites (tertiary alicyclic amines) is 1. The van der Waals surface area contributed by atoms with Crippen LogP contribution in [0.25, 0.3) is 0 Å². The monoisotopic (exact) mass is 346 g/mol. The quantitative estimate of drug-likeness (QED) is 0.793. The Morgan fingerprint density at radius 1 is 1.20 bits per heavy atom. The first-order chi connectivity index (χ1) is 12.1. The van der Waals surface area contributed by atoms with E-state index in [0.717, 1.165) is 37.5 Å². The molecule has 2 fully saturated rings. The van der Waals surface area contributed by atoms with Crippen molar-refractivity contribution in [2.24, 2.45) is 5.92 Å². The first-order valence-electron chi connectivity index (χ1n) is 9.57. The van der Waals surface area contributed by atoms with Crippen molar-refractivity contribution >= 4 is 11.7 Å². The third-order valence-corrected chi connectivity index (χ3v) is 5.34. The van der Waals surface area contributed by atoms with Gasteiger partial charge in [-0.25, -0.2) is 0 Å². The van der Waals surface area contributed by atoms with E-state index in [0.29, 0.717) is 18.8 Å². The number of anilines is 1. The summed E-state index contributed by atoms with van der Waals surface area (Å²) in [6.45, 7) is 1.52. The van der Waals surface area contributed by atoms with Crippen molar-refractivity contribution in [2.45, 2.75) is 57.5 Å².